The van der Waals surface area contributed by atoms with E-state index in [1.54, 1.807) is 18.0 Å². The van der Waals surface area contributed by atoms with Gasteiger partial charge in [-0.15, -0.1) is 0 Å². The van der Waals surface area contributed by atoms with Crippen molar-refractivity contribution in [1.82, 2.24) is 9.78 Å². The topological polar surface area (TPSA) is 44.1 Å². The number of carbonyl (C=O) groups excluding carboxylic acids is 1. The van der Waals surface area contributed by atoms with Gasteiger partial charge in [0.2, 0.25) is 5.78 Å². The van der Waals surface area contributed by atoms with Gasteiger partial charge in [-0.3, -0.25) is 9.48 Å². The van der Waals surface area contributed by atoms with Crippen LogP contribution in [0.25, 0.3) is 0 Å². The summed E-state index contributed by atoms with van der Waals surface area (Å²) in [5.41, 5.74) is 2.11. The van der Waals surface area contributed by atoms with E-state index in [-0.39, 0.29) is 5.78 Å². The monoisotopic (exact) mass is 336 g/mol. The Balaban J connectivity index is 2.49. The molecule has 5 heteroatoms. The molecule has 0 atom stereocenters. The SMILES string of the molecule is CCCn1ncc(OC)c1C(=O)c1ccc(Br)cc1C. The van der Waals surface area contributed by atoms with Gasteiger partial charge in [-0.25, -0.2) is 0 Å². The van der Waals surface area contributed by atoms with Crippen LogP contribution in [-0.2, 0) is 6.54 Å². The smallest absolute Gasteiger partial charge is 0.215 e. The number of nitrogens with zero attached hydrogens (tertiary/aromatic N) is 2. The summed E-state index contributed by atoms with van der Waals surface area (Å²) in [5.74, 6) is 0.462. The normalized spacial score (nSPS) is 10.6. The zero-order valence-electron chi connectivity index (χ0n) is 11.8. The highest BCUT2D eigenvalue weighted by Crippen LogP contribution is 2.24. The van der Waals surface area contributed by atoms with Crippen LogP contribution in [0.4, 0.5) is 0 Å². The molecule has 1 aromatic carbocycles. The molecule has 0 amide bonds. The van der Waals surface area contributed by atoms with E-state index in [4.69, 9.17) is 4.74 Å². The molecule has 0 bridgehead atoms. The number of benzene rings is 1. The summed E-state index contributed by atoms with van der Waals surface area (Å²) in [6, 6.07) is 5.62. The third-order valence-corrected chi connectivity index (χ3v) is 3.60. The summed E-state index contributed by atoms with van der Waals surface area (Å²) in [5, 5.41) is 4.23. The van der Waals surface area contributed by atoms with Gasteiger partial charge in [0.15, 0.2) is 11.4 Å². The van der Waals surface area contributed by atoms with Crippen molar-refractivity contribution < 1.29 is 9.53 Å². The van der Waals surface area contributed by atoms with Crippen molar-refractivity contribution in [3.8, 4) is 5.75 Å². The van der Waals surface area contributed by atoms with Gasteiger partial charge in [-0.2, -0.15) is 5.10 Å². The molecule has 0 aliphatic rings. The largest absolute Gasteiger partial charge is 0.493 e. The van der Waals surface area contributed by atoms with Crippen molar-refractivity contribution in [3.05, 3.63) is 45.7 Å². The molecule has 2 aromatic rings. The highest BCUT2D eigenvalue weighted by molar-refractivity contribution is 9.10. The second kappa shape index (κ2) is 6.22. The van der Waals surface area contributed by atoms with E-state index >= 15 is 0 Å². The summed E-state index contributed by atoms with van der Waals surface area (Å²) in [6.45, 7) is 4.66. The molecule has 0 saturated heterocycles. The first-order chi connectivity index (χ1) is 9.58. The van der Waals surface area contributed by atoms with Crippen LogP contribution < -0.4 is 4.74 Å². The average Bonchev–Trinajstić information content (AvgIpc) is 2.81. The Hall–Kier alpha value is -1.62. The van der Waals surface area contributed by atoms with Crippen LogP contribution in [0, 0.1) is 6.92 Å². The Morgan fingerprint density at radius 1 is 1.45 bits per heavy atom. The maximum absolute atomic E-state index is 12.8. The van der Waals surface area contributed by atoms with Gasteiger partial charge >= 0.3 is 0 Å². The predicted octanol–water partition coefficient (Wildman–Crippen LogP) is 3.60. The third-order valence-electron chi connectivity index (χ3n) is 3.11. The van der Waals surface area contributed by atoms with Gasteiger partial charge < -0.3 is 4.74 Å². The predicted molar refractivity (Wildman–Crippen MR) is 81.4 cm³/mol. The van der Waals surface area contributed by atoms with E-state index in [1.165, 1.54) is 0 Å². The first-order valence-corrected chi connectivity index (χ1v) is 7.28. The second-order valence-corrected chi connectivity index (χ2v) is 5.49. The number of rotatable bonds is 5. The zero-order valence-corrected chi connectivity index (χ0v) is 13.4. The molecule has 0 N–H and O–H groups in total. The molecular formula is C15H17BrN2O2. The Morgan fingerprint density at radius 3 is 2.80 bits per heavy atom. The number of hydrogen-bond donors (Lipinski definition) is 0. The maximum Gasteiger partial charge on any atom is 0.215 e. The molecule has 1 aromatic heterocycles. The molecule has 0 aliphatic heterocycles. The lowest BCUT2D eigenvalue weighted by Gasteiger charge is -2.09. The average molecular weight is 337 g/mol. The number of hydrogen-bond acceptors (Lipinski definition) is 3. The van der Waals surface area contributed by atoms with Gasteiger partial charge in [-0.05, 0) is 37.1 Å². The third kappa shape index (κ3) is 2.77. The van der Waals surface area contributed by atoms with Crippen molar-refractivity contribution in [2.24, 2.45) is 0 Å². The summed E-state index contributed by atoms with van der Waals surface area (Å²) in [7, 11) is 1.55. The Bertz CT molecular complexity index is 635. The molecule has 106 valence electrons. The number of aryl methyl sites for hydroxylation is 2. The van der Waals surface area contributed by atoms with Crippen LogP contribution in [0.15, 0.2) is 28.9 Å². The Morgan fingerprint density at radius 2 is 2.20 bits per heavy atom. The fourth-order valence-electron chi connectivity index (χ4n) is 2.14. The van der Waals surface area contributed by atoms with Crippen molar-refractivity contribution in [3.63, 3.8) is 0 Å². The molecule has 0 unspecified atom stereocenters. The molecule has 2 rings (SSSR count). The van der Waals surface area contributed by atoms with Crippen molar-refractivity contribution >= 4 is 21.7 Å². The molecule has 0 fully saturated rings. The standard InChI is InChI=1S/C15H17BrN2O2/c1-4-7-18-14(13(20-3)9-17-18)15(19)12-6-5-11(16)8-10(12)2/h5-6,8-9H,4,7H2,1-3H3. The minimum absolute atomic E-state index is 0.0576. The van der Waals surface area contributed by atoms with Gasteiger partial charge in [0.25, 0.3) is 0 Å². The highest BCUT2D eigenvalue weighted by atomic mass is 79.9. The van der Waals surface area contributed by atoms with E-state index in [0.29, 0.717) is 23.6 Å². The van der Waals surface area contributed by atoms with Crippen LogP contribution in [0.2, 0.25) is 0 Å². The molecule has 1 heterocycles. The number of halogens is 1. The fraction of sp³-hybridized carbons (Fsp3) is 0.333. The molecule has 0 saturated carbocycles. The second-order valence-electron chi connectivity index (χ2n) is 4.57. The first kappa shape index (κ1) is 14.8. The Kier molecular flexibility index (Phi) is 4.60. The summed E-state index contributed by atoms with van der Waals surface area (Å²) >= 11 is 3.41. The number of carbonyl (C=O) groups is 1. The lowest BCUT2D eigenvalue weighted by molar-refractivity contribution is 0.102. The maximum atomic E-state index is 12.8. The molecule has 0 radical (unpaired) electrons. The van der Waals surface area contributed by atoms with Crippen LogP contribution in [-0.4, -0.2) is 22.7 Å². The van der Waals surface area contributed by atoms with Crippen LogP contribution in [0.3, 0.4) is 0 Å². The number of ketones is 1. The minimum Gasteiger partial charge on any atom is -0.493 e. The van der Waals surface area contributed by atoms with Crippen LogP contribution in [0.5, 0.6) is 5.75 Å². The number of methoxy groups -OCH3 is 1. The van der Waals surface area contributed by atoms with E-state index in [2.05, 4.69) is 21.0 Å². The summed E-state index contributed by atoms with van der Waals surface area (Å²) < 4.78 is 7.93. The van der Waals surface area contributed by atoms with Gasteiger partial charge in [-0.1, -0.05) is 22.9 Å². The van der Waals surface area contributed by atoms with Crippen molar-refractivity contribution in [1.29, 1.82) is 0 Å². The van der Waals surface area contributed by atoms with Crippen LogP contribution >= 0.6 is 15.9 Å². The molecule has 0 spiro atoms. The van der Waals surface area contributed by atoms with E-state index in [1.807, 2.05) is 32.0 Å². The quantitative estimate of drug-likeness (QED) is 0.783. The summed E-state index contributed by atoms with van der Waals surface area (Å²) in [6.07, 6.45) is 2.50. The number of ether oxygens (including phenoxy) is 1. The number of aromatic nitrogens is 2. The van der Waals surface area contributed by atoms with E-state index in [9.17, 15) is 4.79 Å². The van der Waals surface area contributed by atoms with Crippen molar-refractivity contribution in [2.75, 3.05) is 7.11 Å². The highest BCUT2D eigenvalue weighted by Gasteiger charge is 2.22. The Labute approximate surface area is 126 Å². The first-order valence-electron chi connectivity index (χ1n) is 6.49. The fourth-order valence-corrected chi connectivity index (χ4v) is 2.61. The molecule has 0 aliphatic carbocycles. The van der Waals surface area contributed by atoms with Gasteiger partial charge in [0.05, 0.1) is 13.3 Å². The van der Waals surface area contributed by atoms with Gasteiger partial charge in [0, 0.05) is 16.6 Å². The summed E-state index contributed by atoms with van der Waals surface area (Å²) in [4.78, 5) is 12.8. The molecular weight excluding hydrogens is 320 g/mol. The van der Waals surface area contributed by atoms with Crippen molar-refractivity contribution in [2.45, 2.75) is 26.8 Å². The van der Waals surface area contributed by atoms with E-state index in [0.717, 1.165) is 16.5 Å². The molecule has 20 heavy (non-hydrogen) atoms. The van der Waals surface area contributed by atoms with Crippen LogP contribution in [0.1, 0.15) is 35.0 Å². The lowest BCUT2D eigenvalue weighted by atomic mass is 10.0. The van der Waals surface area contributed by atoms with E-state index < -0.39 is 0 Å². The van der Waals surface area contributed by atoms with Gasteiger partial charge in [0.1, 0.15) is 0 Å². The zero-order chi connectivity index (χ0) is 14.7. The minimum atomic E-state index is -0.0576. The lowest BCUT2D eigenvalue weighted by Crippen LogP contribution is -2.13. The molecule has 4 nitrogen and oxygen atoms in total.